The van der Waals surface area contributed by atoms with Crippen molar-refractivity contribution in [1.29, 1.82) is 0 Å². The predicted molar refractivity (Wildman–Crippen MR) is 121 cm³/mol. The first kappa shape index (κ1) is 23.9. The highest BCUT2D eigenvalue weighted by Gasteiger charge is 2.30. The lowest BCUT2D eigenvalue weighted by Gasteiger charge is -2.34. The maximum Gasteiger partial charge on any atom is 0.243 e. The van der Waals surface area contributed by atoms with Crippen LogP contribution in [-0.4, -0.2) is 70.0 Å². The predicted octanol–water partition coefficient (Wildman–Crippen LogP) is 2.57. The highest BCUT2D eigenvalue weighted by Crippen LogP contribution is 2.31. The second-order valence-corrected chi connectivity index (χ2v) is 9.73. The molecule has 0 unspecified atom stereocenters. The SMILES string of the molecule is COc1ccc(S(=O)(=O)N2CCN(C(=O)Cc3cccc(OC(C)C)c3)CC2)cc1OC. The van der Waals surface area contributed by atoms with Crippen LogP contribution < -0.4 is 14.2 Å². The Hall–Kier alpha value is -2.78. The molecule has 0 bridgehead atoms. The molecule has 0 aromatic heterocycles. The normalized spacial score (nSPS) is 15.0. The summed E-state index contributed by atoms with van der Waals surface area (Å²) in [5, 5.41) is 0. The summed E-state index contributed by atoms with van der Waals surface area (Å²) < 4.78 is 43.6. The van der Waals surface area contributed by atoms with Crippen LogP contribution in [0.2, 0.25) is 0 Å². The number of hydrogen-bond acceptors (Lipinski definition) is 6. The van der Waals surface area contributed by atoms with Crippen LogP contribution in [0.3, 0.4) is 0 Å². The van der Waals surface area contributed by atoms with E-state index in [1.165, 1.54) is 30.7 Å². The number of benzene rings is 2. The van der Waals surface area contributed by atoms with Crippen molar-refractivity contribution in [3.63, 3.8) is 0 Å². The molecule has 174 valence electrons. The summed E-state index contributed by atoms with van der Waals surface area (Å²) in [6, 6.07) is 12.0. The van der Waals surface area contributed by atoms with Gasteiger partial charge in [-0.1, -0.05) is 12.1 Å². The van der Waals surface area contributed by atoms with Gasteiger partial charge in [-0.15, -0.1) is 0 Å². The number of methoxy groups -OCH3 is 2. The first-order valence-corrected chi connectivity index (χ1v) is 11.9. The van der Waals surface area contributed by atoms with E-state index < -0.39 is 10.0 Å². The highest BCUT2D eigenvalue weighted by molar-refractivity contribution is 7.89. The molecule has 1 aliphatic rings. The maximum atomic E-state index is 13.1. The Labute approximate surface area is 189 Å². The first-order chi connectivity index (χ1) is 15.2. The summed E-state index contributed by atoms with van der Waals surface area (Å²) >= 11 is 0. The number of rotatable bonds is 8. The zero-order chi connectivity index (χ0) is 23.3. The molecule has 2 aromatic carbocycles. The van der Waals surface area contributed by atoms with E-state index in [0.29, 0.717) is 24.6 Å². The van der Waals surface area contributed by atoms with Gasteiger partial charge in [0.2, 0.25) is 15.9 Å². The molecular weight excluding hydrogens is 432 g/mol. The van der Waals surface area contributed by atoms with E-state index in [4.69, 9.17) is 14.2 Å². The summed E-state index contributed by atoms with van der Waals surface area (Å²) in [7, 11) is -0.744. The van der Waals surface area contributed by atoms with Gasteiger partial charge in [-0.2, -0.15) is 4.31 Å². The van der Waals surface area contributed by atoms with E-state index in [0.717, 1.165) is 11.3 Å². The van der Waals surface area contributed by atoms with Gasteiger partial charge in [0, 0.05) is 32.2 Å². The summed E-state index contributed by atoms with van der Waals surface area (Å²) in [6.45, 7) is 5.06. The van der Waals surface area contributed by atoms with Crippen LogP contribution in [0, 0.1) is 0 Å². The van der Waals surface area contributed by atoms with Crippen LogP contribution in [0.5, 0.6) is 17.2 Å². The number of amides is 1. The molecule has 0 N–H and O–H groups in total. The van der Waals surface area contributed by atoms with Crippen molar-refractivity contribution >= 4 is 15.9 Å². The Balaban J connectivity index is 1.62. The molecule has 9 heteroatoms. The van der Waals surface area contributed by atoms with Gasteiger partial charge in [0.05, 0.1) is 31.6 Å². The van der Waals surface area contributed by atoms with Crippen molar-refractivity contribution in [2.45, 2.75) is 31.3 Å². The fourth-order valence-corrected chi connectivity index (χ4v) is 5.03. The third-order valence-electron chi connectivity index (χ3n) is 5.21. The van der Waals surface area contributed by atoms with Gasteiger partial charge >= 0.3 is 0 Å². The second kappa shape index (κ2) is 10.2. The topological polar surface area (TPSA) is 85.4 Å². The van der Waals surface area contributed by atoms with Gasteiger partial charge in [-0.3, -0.25) is 4.79 Å². The molecule has 1 amide bonds. The number of carbonyl (C=O) groups is 1. The third kappa shape index (κ3) is 5.52. The molecule has 3 rings (SSSR count). The Morgan fingerprint density at radius 2 is 1.66 bits per heavy atom. The molecule has 0 radical (unpaired) electrons. The van der Waals surface area contributed by atoms with Gasteiger partial charge < -0.3 is 19.1 Å². The molecule has 8 nitrogen and oxygen atoms in total. The number of hydrogen-bond donors (Lipinski definition) is 0. The Kier molecular flexibility index (Phi) is 7.63. The standard InChI is InChI=1S/C23H30N2O6S/c1-17(2)31-19-7-5-6-18(14-19)15-23(26)24-10-12-25(13-11-24)32(27,28)20-8-9-21(29-3)22(16-20)30-4/h5-9,14,16-17H,10-13,15H2,1-4H3. The zero-order valence-corrected chi connectivity index (χ0v) is 19.7. The molecule has 0 saturated carbocycles. The molecule has 1 saturated heterocycles. The lowest BCUT2D eigenvalue weighted by molar-refractivity contribution is -0.131. The van der Waals surface area contributed by atoms with Crippen LogP contribution in [0.25, 0.3) is 0 Å². The van der Waals surface area contributed by atoms with Gasteiger partial charge in [-0.25, -0.2) is 8.42 Å². The summed E-state index contributed by atoms with van der Waals surface area (Å²) in [6.07, 6.45) is 0.305. The van der Waals surface area contributed by atoms with E-state index in [9.17, 15) is 13.2 Å². The van der Waals surface area contributed by atoms with Gasteiger partial charge in [-0.05, 0) is 43.7 Å². The van der Waals surface area contributed by atoms with Crippen LogP contribution in [-0.2, 0) is 21.2 Å². The number of ether oxygens (including phenoxy) is 3. The molecule has 0 atom stereocenters. The van der Waals surface area contributed by atoms with Gasteiger partial charge in [0.1, 0.15) is 5.75 Å². The van der Waals surface area contributed by atoms with Crippen molar-refractivity contribution in [1.82, 2.24) is 9.21 Å². The van der Waals surface area contributed by atoms with E-state index in [1.807, 2.05) is 38.1 Å². The van der Waals surface area contributed by atoms with Crippen molar-refractivity contribution in [2.24, 2.45) is 0 Å². The summed E-state index contributed by atoms with van der Waals surface area (Å²) in [5.41, 5.74) is 0.869. The van der Waals surface area contributed by atoms with E-state index in [2.05, 4.69) is 0 Å². The quantitative estimate of drug-likeness (QED) is 0.600. The van der Waals surface area contributed by atoms with Crippen LogP contribution in [0.4, 0.5) is 0 Å². The smallest absolute Gasteiger partial charge is 0.243 e. The molecule has 32 heavy (non-hydrogen) atoms. The molecule has 0 aliphatic carbocycles. The average molecular weight is 463 g/mol. The largest absolute Gasteiger partial charge is 0.493 e. The fraction of sp³-hybridized carbons (Fsp3) is 0.435. The molecule has 1 fully saturated rings. The summed E-state index contributed by atoms with van der Waals surface area (Å²) in [4.78, 5) is 14.6. The van der Waals surface area contributed by atoms with Crippen molar-refractivity contribution in [3.05, 3.63) is 48.0 Å². The summed E-state index contributed by atoms with van der Waals surface area (Å²) in [5.74, 6) is 1.52. The van der Waals surface area contributed by atoms with Crippen LogP contribution in [0.15, 0.2) is 47.4 Å². The zero-order valence-electron chi connectivity index (χ0n) is 18.9. The maximum absolute atomic E-state index is 13.1. The molecule has 2 aromatic rings. The lowest BCUT2D eigenvalue weighted by Crippen LogP contribution is -2.50. The minimum atomic E-state index is -3.70. The molecule has 1 heterocycles. The monoisotopic (exact) mass is 462 g/mol. The molecule has 0 spiro atoms. The first-order valence-electron chi connectivity index (χ1n) is 10.5. The average Bonchev–Trinajstić information content (AvgIpc) is 2.78. The highest BCUT2D eigenvalue weighted by atomic mass is 32.2. The van der Waals surface area contributed by atoms with Gasteiger partial charge in [0.25, 0.3) is 0 Å². The minimum Gasteiger partial charge on any atom is -0.493 e. The van der Waals surface area contributed by atoms with Crippen LogP contribution >= 0.6 is 0 Å². The van der Waals surface area contributed by atoms with Crippen molar-refractivity contribution in [2.75, 3.05) is 40.4 Å². The Bertz CT molecular complexity index is 1050. The van der Waals surface area contributed by atoms with E-state index in [1.54, 1.807) is 11.0 Å². The third-order valence-corrected chi connectivity index (χ3v) is 7.10. The number of piperazine rings is 1. The number of carbonyl (C=O) groups excluding carboxylic acids is 1. The van der Waals surface area contributed by atoms with Crippen LogP contribution in [0.1, 0.15) is 19.4 Å². The van der Waals surface area contributed by atoms with E-state index in [-0.39, 0.29) is 36.4 Å². The fourth-order valence-electron chi connectivity index (χ4n) is 3.59. The Morgan fingerprint density at radius 3 is 2.28 bits per heavy atom. The molecular formula is C23H30N2O6S. The Morgan fingerprint density at radius 1 is 0.969 bits per heavy atom. The minimum absolute atomic E-state index is 0.0325. The van der Waals surface area contributed by atoms with Crippen molar-refractivity contribution < 1.29 is 27.4 Å². The number of nitrogens with zero attached hydrogens (tertiary/aromatic N) is 2. The second-order valence-electron chi connectivity index (χ2n) is 7.79. The lowest BCUT2D eigenvalue weighted by atomic mass is 10.1. The van der Waals surface area contributed by atoms with Gasteiger partial charge in [0.15, 0.2) is 11.5 Å². The van der Waals surface area contributed by atoms with E-state index >= 15 is 0 Å². The molecule has 1 aliphatic heterocycles. The number of sulfonamides is 1. The van der Waals surface area contributed by atoms with Crippen molar-refractivity contribution in [3.8, 4) is 17.2 Å².